The first kappa shape index (κ1) is 24.2. The molecule has 0 fully saturated rings. The molecular formula is C29H24N2O5. The Morgan fingerprint density at radius 2 is 1.36 bits per heavy atom. The summed E-state index contributed by atoms with van der Waals surface area (Å²) in [6.45, 7) is 0.455. The summed E-state index contributed by atoms with van der Waals surface area (Å²) in [5.74, 6) is 0.916. The fourth-order valence-corrected chi connectivity index (χ4v) is 3.19. The maximum absolute atomic E-state index is 12.3. The van der Waals surface area contributed by atoms with Gasteiger partial charge in [-0.3, -0.25) is 4.79 Å². The molecule has 0 aromatic heterocycles. The molecule has 4 rings (SSSR count). The van der Waals surface area contributed by atoms with Crippen LogP contribution in [0, 0.1) is 0 Å². The maximum Gasteiger partial charge on any atom is 0.343 e. The van der Waals surface area contributed by atoms with E-state index in [2.05, 4.69) is 10.5 Å². The third kappa shape index (κ3) is 6.80. The Morgan fingerprint density at radius 3 is 2.03 bits per heavy atom. The fourth-order valence-electron chi connectivity index (χ4n) is 3.19. The van der Waals surface area contributed by atoms with Crippen molar-refractivity contribution in [3.05, 3.63) is 125 Å². The van der Waals surface area contributed by atoms with E-state index in [0.717, 1.165) is 11.1 Å². The summed E-state index contributed by atoms with van der Waals surface area (Å²) in [5, 5.41) is 4.00. The summed E-state index contributed by atoms with van der Waals surface area (Å²) < 4.78 is 16.2. The number of ether oxygens (including phenoxy) is 3. The number of rotatable bonds is 9. The van der Waals surface area contributed by atoms with Crippen LogP contribution in [0.5, 0.6) is 17.2 Å². The van der Waals surface area contributed by atoms with Gasteiger partial charge in [-0.25, -0.2) is 10.2 Å². The molecule has 0 aliphatic heterocycles. The van der Waals surface area contributed by atoms with E-state index < -0.39 is 5.97 Å². The van der Waals surface area contributed by atoms with Crippen molar-refractivity contribution < 1.29 is 23.8 Å². The van der Waals surface area contributed by atoms with E-state index >= 15 is 0 Å². The van der Waals surface area contributed by atoms with E-state index in [0.29, 0.717) is 35.0 Å². The number of carbonyl (C=O) groups excluding carboxylic acids is 2. The van der Waals surface area contributed by atoms with Crippen molar-refractivity contribution in [1.29, 1.82) is 0 Å². The Hall–Kier alpha value is -4.91. The lowest BCUT2D eigenvalue weighted by molar-refractivity contribution is 0.0734. The highest BCUT2D eigenvalue weighted by molar-refractivity contribution is 5.95. The molecule has 36 heavy (non-hydrogen) atoms. The van der Waals surface area contributed by atoms with Gasteiger partial charge >= 0.3 is 5.97 Å². The highest BCUT2D eigenvalue weighted by atomic mass is 16.5. The summed E-state index contributed by atoms with van der Waals surface area (Å²) in [6.07, 6.45) is 1.50. The van der Waals surface area contributed by atoms with Gasteiger partial charge in [0.2, 0.25) is 0 Å². The van der Waals surface area contributed by atoms with Crippen LogP contribution in [0.4, 0.5) is 0 Å². The number of esters is 1. The third-order valence-corrected chi connectivity index (χ3v) is 5.16. The Balaban J connectivity index is 1.25. The van der Waals surface area contributed by atoms with Crippen molar-refractivity contribution in [2.75, 3.05) is 7.11 Å². The van der Waals surface area contributed by atoms with Gasteiger partial charge in [0.1, 0.15) is 23.9 Å². The molecule has 4 aromatic rings. The second-order valence-corrected chi connectivity index (χ2v) is 7.68. The first-order valence-corrected chi connectivity index (χ1v) is 11.2. The number of carbonyl (C=O) groups is 2. The quantitative estimate of drug-likeness (QED) is 0.153. The predicted octanol–water partition coefficient (Wildman–Crippen LogP) is 5.26. The van der Waals surface area contributed by atoms with Crippen LogP contribution in [0.15, 0.2) is 108 Å². The number of benzene rings is 4. The smallest absolute Gasteiger partial charge is 0.343 e. The minimum atomic E-state index is -0.470. The highest BCUT2D eigenvalue weighted by Gasteiger charge is 2.09. The standard InChI is InChI=1S/C29H24N2O5/c1-34-25-15-11-24(12-16-25)29(33)36-27-13-7-21(8-14-27)19-30-31-28(32)23-9-17-26(18-10-23)35-20-22-5-3-2-4-6-22/h2-19H,20H2,1H3,(H,31,32)/b30-19-. The molecule has 0 atom stereocenters. The molecule has 0 bridgehead atoms. The van der Waals surface area contributed by atoms with Crippen LogP contribution in [-0.2, 0) is 6.61 Å². The average molecular weight is 481 g/mol. The summed E-state index contributed by atoms with van der Waals surface area (Å²) in [6, 6.07) is 30.1. The van der Waals surface area contributed by atoms with Gasteiger partial charge in [0.15, 0.2) is 0 Å². The number of hydrogen-bond donors (Lipinski definition) is 1. The van der Waals surface area contributed by atoms with E-state index in [4.69, 9.17) is 14.2 Å². The van der Waals surface area contributed by atoms with Crippen LogP contribution in [-0.4, -0.2) is 25.2 Å². The van der Waals surface area contributed by atoms with Crippen molar-refractivity contribution in [2.24, 2.45) is 5.10 Å². The Kier molecular flexibility index (Phi) is 8.07. The maximum atomic E-state index is 12.3. The highest BCUT2D eigenvalue weighted by Crippen LogP contribution is 2.17. The van der Waals surface area contributed by atoms with Crippen LogP contribution in [0.2, 0.25) is 0 Å². The zero-order valence-electron chi connectivity index (χ0n) is 19.6. The van der Waals surface area contributed by atoms with Gasteiger partial charge in [-0.2, -0.15) is 5.10 Å². The van der Waals surface area contributed by atoms with Gasteiger partial charge in [0, 0.05) is 5.56 Å². The van der Waals surface area contributed by atoms with Gasteiger partial charge in [0.05, 0.1) is 18.9 Å². The molecule has 4 aromatic carbocycles. The molecule has 0 aliphatic rings. The molecule has 0 spiro atoms. The van der Waals surface area contributed by atoms with Crippen molar-refractivity contribution >= 4 is 18.1 Å². The van der Waals surface area contributed by atoms with Gasteiger partial charge < -0.3 is 14.2 Å². The van der Waals surface area contributed by atoms with Gasteiger partial charge in [-0.1, -0.05) is 30.3 Å². The number of hydrogen-bond acceptors (Lipinski definition) is 6. The lowest BCUT2D eigenvalue weighted by atomic mass is 10.2. The summed E-state index contributed by atoms with van der Waals surface area (Å²) in [4.78, 5) is 24.6. The second-order valence-electron chi connectivity index (χ2n) is 7.68. The third-order valence-electron chi connectivity index (χ3n) is 5.16. The van der Waals surface area contributed by atoms with Crippen LogP contribution in [0.25, 0.3) is 0 Å². The molecule has 0 saturated carbocycles. The Morgan fingerprint density at radius 1 is 0.750 bits per heavy atom. The number of nitrogens with zero attached hydrogens (tertiary/aromatic N) is 1. The minimum absolute atomic E-state index is 0.342. The summed E-state index contributed by atoms with van der Waals surface area (Å²) in [7, 11) is 1.56. The molecule has 180 valence electrons. The molecule has 1 N–H and O–H groups in total. The van der Waals surface area contributed by atoms with Crippen molar-refractivity contribution in [2.45, 2.75) is 6.61 Å². The molecular weight excluding hydrogens is 456 g/mol. The average Bonchev–Trinajstić information content (AvgIpc) is 2.93. The van der Waals surface area contributed by atoms with E-state index in [1.54, 1.807) is 79.9 Å². The molecule has 0 heterocycles. The van der Waals surface area contributed by atoms with Crippen LogP contribution >= 0.6 is 0 Å². The Labute approximate surface area is 209 Å². The van der Waals surface area contributed by atoms with Crippen LogP contribution in [0.3, 0.4) is 0 Å². The first-order valence-electron chi connectivity index (χ1n) is 11.2. The van der Waals surface area contributed by atoms with Crippen molar-refractivity contribution in [3.63, 3.8) is 0 Å². The monoisotopic (exact) mass is 480 g/mol. The molecule has 0 saturated heterocycles. The number of methoxy groups -OCH3 is 1. The summed E-state index contributed by atoms with van der Waals surface area (Å²) >= 11 is 0. The van der Waals surface area contributed by atoms with Crippen molar-refractivity contribution in [1.82, 2.24) is 5.43 Å². The zero-order valence-corrected chi connectivity index (χ0v) is 19.6. The van der Waals surface area contributed by atoms with E-state index in [-0.39, 0.29) is 5.91 Å². The number of nitrogens with one attached hydrogen (secondary N) is 1. The Bertz CT molecular complexity index is 1320. The number of amides is 1. The largest absolute Gasteiger partial charge is 0.497 e. The minimum Gasteiger partial charge on any atom is -0.497 e. The summed E-state index contributed by atoms with van der Waals surface area (Å²) in [5.41, 5.74) is 5.16. The molecule has 0 unspecified atom stereocenters. The van der Waals surface area contributed by atoms with E-state index in [1.165, 1.54) is 6.21 Å². The predicted molar refractivity (Wildman–Crippen MR) is 137 cm³/mol. The molecule has 1 amide bonds. The lowest BCUT2D eigenvalue weighted by Gasteiger charge is -2.07. The number of hydrazone groups is 1. The second kappa shape index (κ2) is 12.0. The molecule has 0 aliphatic carbocycles. The van der Waals surface area contributed by atoms with Crippen LogP contribution < -0.4 is 19.6 Å². The molecule has 0 radical (unpaired) electrons. The van der Waals surface area contributed by atoms with Gasteiger partial charge in [0.25, 0.3) is 5.91 Å². The molecule has 7 heteroatoms. The normalized spacial score (nSPS) is 10.6. The van der Waals surface area contributed by atoms with Crippen molar-refractivity contribution in [3.8, 4) is 17.2 Å². The van der Waals surface area contributed by atoms with Gasteiger partial charge in [-0.15, -0.1) is 0 Å². The van der Waals surface area contributed by atoms with Gasteiger partial charge in [-0.05, 0) is 83.9 Å². The first-order chi connectivity index (χ1) is 17.6. The van der Waals surface area contributed by atoms with Crippen LogP contribution in [0.1, 0.15) is 31.8 Å². The molecule has 7 nitrogen and oxygen atoms in total. The SMILES string of the molecule is COc1ccc(C(=O)Oc2ccc(/C=N\NC(=O)c3ccc(OCc4ccccc4)cc3)cc2)cc1. The van der Waals surface area contributed by atoms with E-state index in [1.807, 2.05) is 30.3 Å². The fraction of sp³-hybridized carbons (Fsp3) is 0.0690. The topological polar surface area (TPSA) is 86.2 Å². The zero-order chi connectivity index (χ0) is 25.2. The lowest BCUT2D eigenvalue weighted by Crippen LogP contribution is -2.17. The van der Waals surface area contributed by atoms with E-state index in [9.17, 15) is 9.59 Å².